The molecule has 1 aromatic heterocycles. The molecule has 1 saturated carbocycles. The van der Waals surface area contributed by atoms with Crippen LogP contribution in [0.4, 0.5) is 0 Å². The lowest BCUT2D eigenvalue weighted by atomic mass is 9.69. The number of nitrogens with zero attached hydrogens (tertiary/aromatic N) is 4. The van der Waals surface area contributed by atoms with Gasteiger partial charge in [0.15, 0.2) is 0 Å². The van der Waals surface area contributed by atoms with Crippen LogP contribution in [0.1, 0.15) is 62.4 Å². The van der Waals surface area contributed by atoms with E-state index in [4.69, 9.17) is 9.47 Å². The Morgan fingerprint density at radius 1 is 1.21 bits per heavy atom. The van der Waals surface area contributed by atoms with Crippen LogP contribution >= 0.6 is 0 Å². The number of piperidine rings is 1. The van der Waals surface area contributed by atoms with Crippen LogP contribution in [0.3, 0.4) is 0 Å². The maximum atomic E-state index is 12.8. The average Bonchev–Trinajstić information content (AvgIpc) is 3.25. The van der Waals surface area contributed by atoms with E-state index < -0.39 is 0 Å². The van der Waals surface area contributed by atoms with Crippen LogP contribution in [0.15, 0.2) is 12.3 Å². The molecule has 0 bridgehead atoms. The van der Waals surface area contributed by atoms with Crippen LogP contribution in [0, 0.1) is 0 Å². The number of carbonyl (C=O) groups is 1. The van der Waals surface area contributed by atoms with Crippen molar-refractivity contribution in [2.75, 3.05) is 40.0 Å². The summed E-state index contributed by atoms with van der Waals surface area (Å²) < 4.78 is 13.2. The lowest BCUT2D eigenvalue weighted by molar-refractivity contribution is -0.203. The molecule has 29 heavy (non-hydrogen) atoms. The fourth-order valence-corrected chi connectivity index (χ4v) is 5.56. The summed E-state index contributed by atoms with van der Waals surface area (Å²) in [5, 5.41) is 4.39. The average molecular weight is 405 g/mol. The van der Waals surface area contributed by atoms with Crippen molar-refractivity contribution in [1.29, 1.82) is 0 Å². The van der Waals surface area contributed by atoms with Crippen molar-refractivity contribution in [3.8, 4) is 0 Å². The van der Waals surface area contributed by atoms with Gasteiger partial charge in [-0.25, -0.2) is 0 Å². The van der Waals surface area contributed by atoms with Gasteiger partial charge in [-0.05, 0) is 38.7 Å². The quantitative estimate of drug-likeness (QED) is 0.654. The molecular formula is C22H36N4O3. The van der Waals surface area contributed by atoms with Crippen molar-refractivity contribution in [3.05, 3.63) is 18.0 Å². The molecule has 1 aromatic rings. The number of hydrogen-bond donors (Lipinski definition) is 0. The molecule has 2 saturated heterocycles. The second-order valence-corrected chi connectivity index (χ2v) is 8.75. The van der Waals surface area contributed by atoms with E-state index in [-0.39, 0.29) is 11.4 Å². The Hall–Kier alpha value is -1.44. The molecule has 3 heterocycles. The molecule has 0 aromatic carbocycles. The predicted molar refractivity (Wildman–Crippen MR) is 111 cm³/mol. The van der Waals surface area contributed by atoms with Crippen molar-refractivity contribution in [2.45, 2.75) is 76.1 Å². The van der Waals surface area contributed by atoms with Crippen LogP contribution in [-0.4, -0.2) is 83.1 Å². The van der Waals surface area contributed by atoms with Crippen LogP contribution in [0.5, 0.6) is 0 Å². The first kappa shape index (κ1) is 20.8. The first-order valence-electron chi connectivity index (χ1n) is 11.4. The summed E-state index contributed by atoms with van der Waals surface area (Å²) in [6, 6.07) is 2.40. The predicted octanol–water partition coefficient (Wildman–Crippen LogP) is 2.56. The van der Waals surface area contributed by atoms with E-state index in [1.165, 1.54) is 32.1 Å². The Morgan fingerprint density at radius 3 is 2.62 bits per heavy atom. The topological polar surface area (TPSA) is 59.8 Å². The lowest BCUT2D eigenvalue weighted by Crippen LogP contribution is -2.75. The highest BCUT2D eigenvalue weighted by Gasteiger charge is 2.56. The maximum absolute atomic E-state index is 12.8. The van der Waals surface area contributed by atoms with Gasteiger partial charge in [0.05, 0.1) is 19.3 Å². The molecule has 7 nitrogen and oxygen atoms in total. The molecular weight excluding hydrogens is 368 g/mol. The molecule has 1 aliphatic carbocycles. The highest BCUT2D eigenvalue weighted by atomic mass is 16.5. The maximum Gasteiger partial charge on any atom is 0.274 e. The Morgan fingerprint density at radius 2 is 1.97 bits per heavy atom. The third kappa shape index (κ3) is 4.09. The van der Waals surface area contributed by atoms with Crippen LogP contribution in [-0.2, 0) is 16.0 Å². The first-order chi connectivity index (χ1) is 14.2. The Kier molecular flexibility index (Phi) is 6.56. The monoisotopic (exact) mass is 404 g/mol. The van der Waals surface area contributed by atoms with E-state index in [0.717, 1.165) is 39.0 Å². The fraction of sp³-hybridized carbons (Fsp3) is 0.818. The van der Waals surface area contributed by atoms with Crippen LogP contribution in [0.25, 0.3) is 0 Å². The first-order valence-corrected chi connectivity index (χ1v) is 11.4. The van der Waals surface area contributed by atoms with Gasteiger partial charge in [-0.1, -0.05) is 19.3 Å². The second kappa shape index (κ2) is 9.14. The summed E-state index contributed by atoms with van der Waals surface area (Å²) in [5.41, 5.74) is 0.799. The van der Waals surface area contributed by atoms with Gasteiger partial charge in [0.1, 0.15) is 5.69 Å². The van der Waals surface area contributed by atoms with E-state index in [1.807, 2.05) is 28.8 Å². The zero-order valence-corrected chi connectivity index (χ0v) is 18.0. The number of rotatable bonds is 7. The molecule has 1 spiro atoms. The Labute approximate surface area is 174 Å². The standard InChI is InChI=1S/C22H36N4O3/c1-3-25-14-9-19(23-25)21(27)24-12-7-18(8-13-24)26-17-20(29-16-15-28-2)22(26)10-5-4-6-11-22/h9,14,18,20H,3-8,10-13,15-17H2,1-2H3. The smallest absolute Gasteiger partial charge is 0.274 e. The normalized spacial score (nSPS) is 25.3. The van der Waals surface area contributed by atoms with Crippen LogP contribution < -0.4 is 0 Å². The van der Waals surface area contributed by atoms with Crippen molar-refractivity contribution in [2.24, 2.45) is 0 Å². The Bertz CT molecular complexity index is 677. The zero-order chi connectivity index (χ0) is 20.3. The van der Waals surface area contributed by atoms with Crippen LogP contribution in [0.2, 0.25) is 0 Å². The third-order valence-electron chi connectivity index (χ3n) is 7.24. The van der Waals surface area contributed by atoms with E-state index in [2.05, 4.69) is 10.00 Å². The molecule has 0 radical (unpaired) electrons. The van der Waals surface area contributed by atoms with E-state index in [0.29, 0.717) is 31.1 Å². The highest BCUT2D eigenvalue weighted by Crippen LogP contribution is 2.47. The summed E-state index contributed by atoms with van der Waals surface area (Å²) in [6.45, 7) is 6.86. The number of likely N-dealkylation sites (tertiary alicyclic amines) is 2. The summed E-state index contributed by atoms with van der Waals surface area (Å²) in [4.78, 5) is 17.5. The molecule has 1 unspecified atom stereocenters. The molecule has 0 N–H and O–H groups in total. The van der Waals surface area contributed by atoms with Gasteiger partial charge < -0.3 is 14.4 Å². The van der Waals surface area contributed by atoms with Crippen molar-refractivity contribution in [1.82, 2.24) is 19.6 Å². The summed E-state index contributed by atoms with van der Waals surface area (Å²) >= 11 is 0. The molecule has 3 fully saturated rings. The number of ether oxygens (including phenoxy) is 2. The van der Waals surface area contributed by atoms with Gasteiger partial charge in [0.2, 0.25) is 0 Å². The molecule has 3 aliphatic rings. The molecule has 2 aliphatic heterocycles. The number of aromatic nitrogens is 2. The molecule has 1 amide bonds. The Balaban J connectivity index is 1.34. The minimum Gasteiger partial charge on any atom is -0.382 e. The fourth-order valence-electron chi connectivity index (χ4n) is 5.56. The van der Waals surface area contributed by atoms with Gasteiger partial charge >= 0.3 is 0 Å². The third-order valence-corrected chi connectivity index (χ3v) is 7.24. The van der Waals surface area contributed by atoms with Gasteiger partial charge in [0, 0.05) is 51.1 Å². The van der Waals surface area contributed by atoms with Crippen molar-refractivity contribution < 1.29 is 14.3 Å². The largest absolute Gasteiger partial charge is 0.382 e. The summed E-state index contributed by atoms with van der Waals surface area (Å²) in [7, 11) is 1.73. The van der Waals surface area contributed by atoms with E-state index in [9.17, 15) is 4.79 Å². The van der Waals surface area contributed by atoms with Crippen molar-refractivity contribution >= 4 is 5.91 Å². The number of methoxy groups -OCH3 is 1. The number of hydrogen-bond acceptors (Lipinski definition) is 5. The lowest BCUT2D eigenvalue weighted by Gasteiger charge is -2.63. The molecule has 162 valence electrons. The molecule has 1 atom stereocenters. The zero-order valence-electron chi connectivity index (χ0n) is 18.0. The summed E-state index contributed by atoms with van der Waals surface area (Å²) in [6.07, 6.45) is 10.8. The van der Waals surface area contributed by atoms with E-state index >= 15 is 0 Å². The summed E-state index contributed by atoms with van der Waals surface area (Å²) in [5.74, 6) is 0.0763. The van der Waals surface area contributed by atoms with Gasteiger partial charge in [-0.2, -0.15) is 5.10 Å². The highest BCUT2D eigenvalue weighted by molar-refractivity contribution is 5.92. The van der Waals surface area contributed by atoms with Gasteiger partial charge in [-0.3, -0.25) is 14.4 Å². The van der Waals surface area contributed by atoms with Gasteiger partial charge in [-0.15, -0.1) is 0 Å². The minimum absolute atomic E-state index is 0.0763. The minimum atomic E-state index is 0.0763. The van der Waals surface area contributed by atoms with E-state index in [1.54, 1.807) is 7.11 Å². The molecule has 7 heteroatoms. The van der Waals surface area contributed by atoms with Gasteiger partial charge in [0.25, 0.3) is 5.91 Å². The number of amides is 1. The van der Waals surface area contributed by atoms with Crippen molar-refractivity contribution in [3.63, 3.8) is 0 Å². The SMILES string of the molecule is CCn1ccc(C(=O)N2CCC(N3CC(OCCOC)C34CCCCC4)CC2)n1. The number of carbonyl (C=O) groups excluding carboxylic acids is 1. The second-order valence-electron chi connectivity index (χ2n) is 8.75. The number of aryl methyl sites for hydroxylation is 1. The molecule has 4 rings (SSSR count).